The molecule has 0 radical (unpaired) electrons. The molecular weight excluding hydrogens is 518 g/mol. The summed E-state index contributed by atoms with van der Waals surface area (Å²) in [6, 6.07) is 16.8. The van der Waals surface area contributed by atoms with E-state index in [0.717, 1.165) is 37.5 Å². The van der Waals surface area contributed by atoms with Crippen LogP contribution in [0.25, 0.3) is 0 Å². The first-order chi connectivity index (χ1) is 19.9. The number of benzene rings is 2. The molecule has 4 bridgehead atoms. The van der Waals surface area contributed by atoms with Crippen molar-refractivity contribution in [3.05, 3.63) is 71.8 Å². The van der Waals surface area contributed by atoms with Gasteiger partial charge in [0, 0.05) is 31.2 Å². The fraction of sp³-hybridized carbons (Fsp3) is 0.576. The highest BCUT2D eigenvalue weighted by Crippen LogP contribution is 2.63. The van der Waals surface area contributed by atoms with E-state index in [9.17, 15) is 9.59 Å². The zero-order valence-electron chi connectivity index (χ0n) is 23.5. The molecule has 2 atom stereocenters. The predicted octanol–water partition coefficient (Wildman–Crippen LogP) is 4.68. The molecule has 8 heteroatoms. The van der Waals surface area contributed by atoms with Gasteiger partial charge in [-0.25, -0.2) is 0 Å². The standard InChI is InChI=1S/C33H41N3O5/c34-28(24-7-3-1-4-8-24)30(37)36-29(25-9-5-2-6-10-25)31(38)35-20-21-11-13-32(14-12-21)39-33(41-40-32)26-16-22-15-23(18-26)19-27(33)17-22/h1-10,21-23,26-29H,11-20,34H2,(H,35,38)(H,36,37)/t21-,22?,23?,26?,27?,28-,29-,32+,33-/m0/s1. The van der Waals surface area contributed by atoms with Crippen molar-refractivity contribution in [1.29, 1.82) is 0 Å². The summed E-state index contributed by atoms with van der Waals surface area (Å²) in [6.45, 7) is 0.527. The van der Waals surface area contributed by atoms with E-state index < -0.39 is 29.6 Å². The maximum absolute atomic E-state index is 13.4. The second-order valence-electron chi connectivity index (χ2n) is 13.1. The topological polar surface area (TPSA) is 112 Å². The van der Waals surface area contributed by atoms with E-state index in [0.29, 0.717) is 35.4 Å². The van der Waals surface area contributed by atoms with Gasteiger partial charge in [0.25, 0.3) is 0 Å². The van der Waals surface area contributed by atoms with Crippen LogP contribution in [0.4, 0.5) is 0 Å². The minimum Gasteiger partial charge on any atom is -0.354 e. The summed E-state index contributed by atoms with van der Waals surface area (Å²) in [5.41, 5.74) is 7.64. The summed E-state index contributed by atoms with van der Waals surface area (Å²) in [4.78, 5) is 38.7. The fourth-order valence-corrected chi connectivity index (χ4v) is 8.45. The average molecular weight is 560 g/mol. The Hall–Kier alpha value is -2.78. The molecule has 2 aromatic carbocycles. The number of carbonyl (C=O) groups is 2. The Kier molecular flexibility index (Phi) is 7.14. The first-order valence-corrected chi connectivity index (χ1v) is 15.4. The van der Waals surface area contributed by atoms with Crippen molar-refractivity contribution in [2.45, 2.75) is 81.4 Å². The SMILES string of the molecule is N[C@H](C(=O)N[C@H](C(=O)NC[C@H]1CC[C@]2(CC1)OO[C@]1(O2)C2CC3CC(C2)CC1C3)c1ccccc1)c1ccccc1. The molecule has 0 aromatic heterocycles. The van der Waals surface area contributed by atoms with Crippen LogP contribution in [0.3, 0.4) is 0 Å². The lowest BCUT2D eigenvalue weighted by Crippen LogP contribution is -2.59. The van der Waals surface area contributed by atoms with Gasteiger partial charge in [0.05, 0.1) is 0 Å². The van der Waals surface area contributed by atoms with Crippen LogP contribution in [-0.2, 0) is 24.1 Å². The van der Waals surface area contributed by atoms with Gasteiger partial charge in [0.15, 0.2) is 0 Å². The second-order valence-corrected chi connectivity index (χ2v) is 13.1. The number of rotatable bonds is 7. The lowest BCUT2D eigenvalue weighted by atomic mass is 9.53. The van der Waals surface area contributed by atoms with Crippen LogP contribution in [-0.4, -0.2) is 29.9 Å². The van der Waals surface area contributed by atoms with E-state index in [1.807, 2.05) is 60.7 Å². The molecule has 5 saturated carbocycles. The number of nitrogens with two attached hydrogens (primary N) is 1. The molecule has 6 aliphatic rings. The Morgan fingerprint density at radius 1 is 0.805 bits per heavy atom. The van der Waals surface area contributed by atoms with Crippen LogP contribution < -0.4 is 16.4 Å². The van der Waals surface area contributed by atoms with Crippen LogP contribution in [0.15, 0.2) is 60.7 Å². The fourth-order valence-electron chi connectivity index (χ4n) is 8.45. The van der Waals surface area contributed by atoms with E-state index in [1.165, 1.54) is 32.1 Å². The first kappa shape index (κ1) is 27.1. The van der Waals surface area contributed by atoms with Gasteiger partial charge in [-0.15, -0.1) is 0 Å². The molecule has 0 unspecified atom stereocenters. The van der Waals surface area contributed by atoms with E-state index in [-0.39, 0.29) is 5.91 Å². The molecule has 1 saturated heterocycles. The molecule has 2 spiro atoms. The highest BCUT2D eigenvalue weighted by atomic mass is 17.3. The maximum Gasteiger partial charge on any atom is 0.247 e. The van der Waals surface area contributed by atoms with Crippen molar-refractivity contribution in [2.24, 2.45) is 35.3 Å². The second kappa shape index (κ2) is 10.8. The summed E-state index contributed by atoms with van der Waals surface area (Å²) in [7, 11) is 0. The van der Waals surface area contributed by atoms with Crippen LogP contribution in [0.5, 0.6) is 0 Å². The molecule has 6 fully saturated rings. The quantitative estimate of drug-likeness (QED) is 0.425. The number of amides is 2. The molecule has 5 aliphatic carbocycles. The average Bonchev–Trinajstić information content (AvgIpc) is 3.38. The van der Waals surface area contributed by atoms with E-state index >= 15 is 0 Å². The molecule has 2 amide bonds. The predicted molar refractivity (Wildman–Crippen MR) is 151 cm³/mol. The Labute approximate surface area is 241 Å². The van der Waals surface area contributed by atoms with Gasteiger partial charge in [-0.2, -0.15) is 9.78 Å². The molecular formula is C33H41N3O5. The highest BCUT2D eigenvalue weighted by Gasteiger charge is 2.66. The van der Waals surface area contributed by atoms with Crippen molar-refractivity contribution in [2.75, 3.05) is 6.54 Å². The van der Waals surface area contributed by atoms with Crippen LogP contribution in [0.1, 0.15) is 81.0 Å². The number of nitrogens with one attached hydrogen (secondary N) is 2. The third-order valence-corrected chi connectivity index (χ3v) is 10.5. The number of carbonyl (C=O) groups excluding carboxylic acids is 2. The summed E-state index contributed by atoms with van der Waals surface area (Å²) in [5.74, 6) is 1.04. The molecule has 218 valence electrons. The maximum atomic E-state index is 13.4. The monoisotopic (exact) mass is 559 g/mol. The number of ether oxygens (including phenoxy) is 1. The summed E-state index contributed by atoms with van der Waals surface area (Å²) in [6.07, 6.45) is 9.47. The lowest BCUT2D eigenvalue weighted by molar-refractivity contribution is -0.390. The van der Waals surface area contributed by atoms with Gasteiger partial charge in [0.1, 0.15) is 12.1 Å². The molecule has 2 aromatic rings. The van der Waals surface area contributed by atoms with Gasteiger partial charge in [-0.05, 0) is 73.8 Å². The molecule has 4 N–H and O–H groups in total. The summed E-state index contributed by atoms with van der Waals surface area (Å²) in [5, 5.41) is 5.99. The molecule has 8 nitrogen and oxygen atoms in total. The Morgan fingerprint density at radius 3 is 2.00 bits per heavy atom. The van der Waals surface area contributed by atoms with Gasteiger partial charge in [0.2, 0.25) is 23.4 Å². The Balaban J connectivity index is 0.952. The van der Waals surface area contributed by atoms with Gasteiger partial charge < -0.3 is 21.1 Å². The normalized spacial score (nSPS) is 36.8. The van der Waals surface area contributed by atoms with Crippen LogP contribution in [0.2, 0.25) is 0 Å². The van der Waals surface area contributed by atoms with Gasteiger partial charge in [-0.3, -0.25) is 9.59 Å². The van der Waals surface area contributed by atoms with Crippen LogP contribution in [0, 0.1) is 29.6 Å². The Morgan fingerprint density at radius 2 is 1.39 bits per heavy atom. The van der Waals surface area contributed by atoms with E-state index in [2.05, 4.69) is 10.6 Å². The highest BCUT2D eigenvalue weighted by molar-refractivity contribution is 5.91. The first-order valence-electron chi connectivity index (χ1n) is 15.4. The number of hydrogen-bond acceptors (Lipinski definition) is 6. The van der Waals surface area contributed by atoms with Crippen molar-refractivity contribution in [3.8, 4) is 0 Å². The molecule has 1 aliphatic heterocycles. The van der Waals surface area contributed by atoms with Gasteiger partial charge in [-0.1, -0.05) is 60.7 Å². The van der Waals surface area contributed by atoms with Crippen molar-refractivity contribution in [3.63, 3.8) is 0 Å². The van der Waals surface area contributed by atoms with E-state index in [1.54, 1.807) is 0 Å². The zero-order valence-corrected chi connectivity index (χ0v) is 23.5. The van der Waals surface area contributed by atoms with Crippen LogP contribution >= 0.6 is 0 Å². The van der Waals surface area contributed by atoms with E-state index in [4.69, 9.17) is 20.2 Å². The minimum absolute atomic E-state index is 0.241. The summed E-state index contributed by atoms with van der Waals surface area (Å²) >= 11 is 0. The zero-order chi connectivity index (χ0) is 28.0. The lowest BCUT2D eigenvalue weighted by Gasteiger charge is -2.57. The van der Waals surface area contributed by atoms with Crippen molar-refractivity contribution < 1.29 is 24.1 Å². The van der Waals surface area contributed by atoms with Crippen molar-refractivity contribution in [1.82, 2.24) is 10.6 Å². The minimum atomic E-state index is -0.865. The summed E-state index contributed by atoms with van der Waals surface area (Å²) < 4.78 is 6.84. The molecule has 1 heterocycles. The Bertz CT molecular complexity index is 1220. The largest absolute Gasteiger partial charge is 0.354 e. The van der Waals surface area contributed by atoms with Crippen molar-refractivity contribution >= 4 is 11.8 Å². The molecule has 41 heavy (non-hydrogen) atoms. The third kappa shape index (κ3) is 5.09. The smallest absolute Gasteiger partial charge is 0.247 e. The molecule has 8 rings (SSSR count). The third-order valence-electron chi connectivity index (χ3n) is 10.5. The van der Waals surface area contributed by atoms with Gasteiger partial charge >= 0.3 is 0 Å². The number of hydrogen-bond donors (Lipinski definition) is 3.